The van der Waals surface area contributed by atoms with E-state index in [2.05, 4.69) is 36.3 Å². The highest BCUT2D eigenvalue weighted by molar-refractivity contribution is 7.10. The minimum atomic E-state index is 0.441. The number of nitrogens with zero attached hydrogens (tertiary/aromatic N) is 1. The quantitative estimate of drug-likeness (QED) is 0.881. The monoisotopic (exact) mass is 266 g/mol. The summed E-state index contributed by atoms with van der Waals surface area (Å²) in [5, 5.41) is 2.16. The van der Waals surface area contributed by atoms with Crippen molar-refractivity contribution in [1.29, 1.82) is 0 Å². The maximum Gasteiger partial charge on any atom is 0.0564 e. The molecule has 1 aromatic rings. The van der Waals surface area contributed by atoms with Crippen LogP contribution in [0.1, 0.15) is 50.4 Å². The van der Waals surface area contributed by atoms with Crippen LogP contribution in [-0.4, -0.2) is 24.5 Å². The summed E-state index contributed by atoms with van der Waals surface area (Å²) in [6, 6.07) is 4.80. The second-order valence-electron chi connectivity index (χ2n) is 5.51. The fourth-order valence-corrected chi connectivity index (χ4v) is 4.07. The van der Waals surface area contributed by atoms with Gasteiger partial charge in [0, 0.05) is 11.4 Å². The molecule has 1 saturated heterocycles. The predicted octanol–water partition coefficient (Wildman–Crippen LogP) is 3.65. The molecule has 2 N–H and O–H groups in total. The summed E-state index contributed by atoms with van der Waals surface area (Å²) in [5.74, 6) is 0. The van der Waals surface area contributed by atoms with Crippen LogP contribution < -0.4 is 5.73 Å². The van der Waals surface area contributed by atoms with E-state index in [-0.39, 0.29) is 0 Å². The van der Waals surface area contributed by atoms with Crippen molar-refractivity contribution in [1.82, 2.24) is 4.90 Å². The SMILES string of the molecule is CCC1(CC)CCN(C(CN)c2cccs2)CC1. The molecule has 1 aliphatic rings. The van der Waals surface area contributed by atoms with Crippen LogP contribution >= 0.6 is 11.3 Å². The largest absolute Gasteiger partial charge is 0.329 e. The number of piperidine rings is 1. The zero-order valence-corrected chi connectivity index (χ0v) is 12.5. The molecule has 0 saturated carbocycles. The lowest BCUT2D eigenvalue weighted by molar-refractivity contribution is 0.0690. The normalized spacial score (nSPS) is 21.9. The Balaban J connectivity index is 2.00. The van der Waals surface area contributed by atoms with Crippen molar-refractivity contribution in [2.45, 2.75) is 45.6 Å². The number of likely N-dealkylation sites (tertiary alicyclic amines) is 1. The van der Waals surface area contributed by atoms with Crippen LogP contribution in [0.4, 0.5) is 0 Å². The van der Waals surface area contributed by atoms with Gasteiger partial charge in [0.05, 0.1) is 6.04 Å². The molecule has 2 rings (SSSR count). The Hall–Kier alpha value is -0.380. The molecule has 18 heavy (non-hydrogen) atoms. The predicted molar refractivity (Wildman–Crippen MR) is 79.9 cm³/mol. The van der Waals surface area contributed by atoms with Crippen LogP contribution in [0, 0.1) is 5.41 Å². The summed E-state index contributed by atoms with van der Waals surface area (Å²) in [6.45, 7) is 7.85. The van der Waals surface area contributed by atoms with Crippen molar-refractivity contribution in [3.63, 3.8) is 0 Å². The summed E-state index contributed by atoms with van der Waals surface area (Å²) in [7, 11) is 0. The van der Waals surface area contributed by atoms with E-state index in [1.807, 2.05) is 11.3 Å². The number of thiophene rings is 1. The lowest BCUT2D eigenvalue weighted by atomic mass is 9.74. The zero-order valence-electron chi connectivity index (χ0n) is 11.7. The first-order chi connectivity index (χ1) is 8.74. The molecule has 2 nitrogen and oxygen atoms in total. The Bertz CT molecular complexity index is 333. The average Bonchev–Trinajstić information content (AvgIpc) is 2.95. The van der Waals surface area contributed by atoms with Crippen molar-refractivity contribution in [3.05, 3.63) is 22.4 Å². The topological polar surface area (TPSA) is 29.3 Å². The molecule has 1 aromatic heterocycles. The Morgan fingerprint density at radius 1 is 1.33 bits per heavy atom. The van der Waals surface area contributed by atoms with Gasteiger partial charge in [0.2, 0.25) is 0 Å². The van der Waals surface area contributed by atoms with E-state index in [1.165, 1.54) is 43.6 Å². The lowest BCUT2D eigenvalue weighted by Crippen LogP contribution is -2.43. The van der Waals surface area contributed by atoms with E-state index in [9.17, 15) is 0 Å². The molecule has 1 aliphatic heterocycles. The second kappa shape index (κ2) is 6.18. The maximum atomic E-state index is 5.99. The summed E-state index contributed by atoms with van der Waals surface area (Å²) in [6.07, 6.45) is 5.32. The van der Waals surface area contributed by atoms with Crippen LogP contribution in [-0.2, 0) is 0 Å². The number of hydrogen-bond acceptors (Lipinski definition) is 3. The first kappa shape index (κ1) is 14.0. The van der Waals surface area contributed by atoms with E-state index in [0.29, 0.717) is 11.5 Å². The van der Waals surface area contributed by atoms with Gasteiger partial charge in [0.1, 0.15) is 0 Å². The third kappa shape index (κ3) is 2.79. The van der Waals surface area contributed by atoms with E-state index >= 15 is 0 Å². The molecule has 2 heterocycles. The summed E-state index contributed by atoms with van der Waals surface area (Å²) in [5.41, 5.74) is 6.59. The molecule has 1 fully saturated rings. The zero-order chi connectivity index (χ0) is 13.0. The van der Waals surface area contributed by atoms with E-state index < -0.39 is 0 Å². The second-order valence-corrected chi connectivity index (χ2v) is 6.49. The van der Waals surface area contributed by atoms with E-state index in [1.54, 1.807) is 0 Å². The third-order valence-corrected chi connectivity index (χ3v) is 5.87. The fourth-order valence-electron chi connectivity index (χ4n) is 3.19. The standard InChI is InChI=1S/C15H26N2S/c1-3-15(4-2)7-9-17(10-8-15)13(12-16)14-6-5-11-18-14/h5-6,11,13H,3-4,7-10,12,16H2,1-2H3. The Kier molecular flexibility index (Phi) is 4.82. The van der Waals surface area contributed by atoms with Gasteiger partial charge in [-0.15, -0.1) is 11.3 Å². The lowest BCUT2D eigenvalue weighted by Gasteiger charge is -2.43. The molecule has 0 aliphatic carbocycles. The molecule has 1 atom stereocenters. The van der Waals surface area contributed by atoms with Gasteiger partial charge in [-0.2, -0.15) is 0 Å². The van der Waals surface area contributed by atoms with Crippen molar-refractivity contribution in [2.24, 2.45) is 11.1 Å². The van der Waals surface area contributed by atoms with E-state index in [4.69, 9.17) is 5.73 Å². The van der Waals surface area contributed by atoms with Crippen molar-refractivity contribution < 1.29 is 0 Å². The molecular weight excluding hydrogens is 240 g/mol. The third-order valence-electron chi connectivity index (χ3n) is 4.89. The molecule has 0 bridgehead atoms. The van der Waals surface area contributed by atoms with Crippen LogP contribution in [0.3, 0.4) is 0 Å². The number of rotatable bonds is 5. The van der Waals surface area contributed by atoms with Gasteiger partial charge < -0.3 is 5.73 Å². The highest BCUT2D eigenvalue weighted by Crippen LogP contribution is 2.40. The molecule has 0 radical (unpaired) electrons. The van der Waals surface area contributed by atoms with Crippen LogP contribution in [0.15, 0.2) is 17.5 Å². The highest BCUT2D eigenvalue weighted by Gasteiger charge is 2.33. The minimum Gasteiger partial charge on any atom is -0.329 e. The van der Waals surface area contributed by atoms with Gasteiger partial charge in [0.15, 0.2) is 0 Å². The Morgan fingerprint density at radius 2 is 2.00 bits per heavy atom. The highest BCUT2D eigenvalue weighted by atomic mass is 32.1. The Labute approximate surface area is 115 Å². The number of hydrogen-bond donors (Lipinski definition) is 1. The minimum absolute atomic E-state index is 0.441. The maximum absolute atomic E-state index is 5.99. The molecule has 3 heteroatoms. The Morgan fingerprint density at radius 3 is 2.44 bits per heavy atom. The van der Waals surface area contributed by atoms with Gasteiger partial charge in [-0.05, 0) is 42.8 Å². The first-order valence-electron chi connectivity index (χ1n) is 7.22. The molecule has 0 aromatic carbocycles. The molecule has 0 spiro atoms. The summed E-state index contributed by atoms with van der Waals surface area (Å²) < 4.78 is 0. The van der Waals surface area contributed by atoms with Crippen molar-refractivity contribution in [3.8, 4) is 0 Å². The molecule has 0 amide bonds. The van der Waals surface area contributed by atoms with E-state index in [0.717, 1.165) is 6.54 Å². The van der Waals surface area contributed by atoms with Gasteiger partial charge in [-0.25, -0.2) is 0 Å². The van der Waals surface area contributed by atoms with Gasteiger partial charge in [-0.1, -0.05) is 32.8 Å². The molecule has 1 unspecified atom stereocenters. The van der Waals surface area contributed by atoms with Gasteiger partial charge in [-0.3, -0.25) is 4.90 Å². The number of nitrogens with two attached hydrogens (primary N) is 1. The fraction of sp³-hybridized carbons (Fsp3) is 0.733. The average molecular weight is 266 g/mol. The van der Waals surface area contributed by atoms with Gasteiger partial charge in [0.25, 0.3) is 0 Å². The van der Waals surface area contributed by atoms with Gasteiger partial charge >= 0.3 is 0 Å². The van der Waals surface area contributed by atoms with Crippen LogP contribution in [0.5, 0.6) is 0 Å². The van der Waals surface area contributed by atoms with Crippen LogP contribution in [0.25, 0.3) is 0 Å². The van der Waals surface area contributed by atoms with Crippen molar-refractivity contribution >= 4 is 11.3 Å². The summed E-state index contributed by atoms with van der Waals surface area (Å²) >= 11 is 1.84. The van der Waals surface area contributed by atoms with Crippen LogP contribution in [0.2, 0.25) is 0 Å². The first-order valence-corrected chi connectivity index (χ1v) is 8.10. The molecular formula is C15H26N2S. The summed E-state index contributed by atoms with van der Waals surface area (Å²) in [4.78, 5) is 4.02. The smallest absolute Gasteiger partial charge is 0.0564 e. The molecule has 102 valence electrons. The van der Waals surface area contributed by atoms with Crippen molar-refractivity contribution in [2.75, 3.05) is 19.6 Å².